The van der Waals surface area contributed by atoms with E-state index < -0.39 is 0 Å². The summed E-state index contributed by atoms with van der Waals surface area (Å²) in [6.07, 6.45) is 0. The van der Waals surface area contributed by atoms with Crippen molar-refractivity contribution < 1.29 is 9.59 Å². The SMILES string of the molecule is Cc1ccc(C2SCC(=O)N2CC(=O)N(C)C)cc1. The number of amides is 2. The van der Waals surface area contributed by atoms with E-state index in [1.807, 2.05) is 31.2 Å². The van der Waals surface area contributed by atoms with Crippen LogP contribution in [0.4, 0.5) is 0 Å². The molecule has 0 saturated carbocycles. The van der Waals surface area contributed by atoms with Gasteiger partial charge in [0, 0.05) is 14.1 Å². The molecule has 0 radical (unpaired) electrons. The van der Waals surface area contributed by atoms with Gasteiger partial charge < -0.3 is 9.80 Å². The Labute approximate surface area is 117 Å². The number of carbonyl (C=O) groups is 2. The van der Waals surface area contributed by atoms with E-state index in [0.717, 1.165) is 5.56 Å². The molecule has 5 heteroatoms. The van der Waals surface area contributed by atoms with Crippen LogP contribution in [0.1, 0.15) is 16.5 Å². The van der Waals surface area contributed by atoms with Crippen LogP contribution in [0.2, 0.25) is 0 Å². The highest BCUT2D eigenvalue weighted by molar-refractivity contribution is 8.00. The van der Waals surface area contributed by atoms with Gasteiger partial charge in [-0.15, -0.1) is 11.8 Å². The summed E-state index contributed by atoms with van der Waals surface area (Å²) < 4.78 is 0. The molecule has 0 aromatic heterocycles. The molecule has 102 valence electrons. The van der Waals surface area contributed by atoms with Gasteiger partial charge in [0.15, 0.2) is 0 Å². The van der Waals surface area contributed by atoms with Crippen molar-refractivity contribution in [3.05, 3.63) is 35.4 Å². The third kappa shape index (κ3) is 3.10. The molecule has 0 aliphatic carbocycles. The Balaban J connectivity index is 2.17. The van der Waals surface area contributed by atoms with E-state index in [2.05, 4.69) is 0 Å². The van der Waals surface area contributed by atoms with Crippen molar-refractivity contribution in [3.63, 3.8) is 0 Å². The molecule has 1 aliphatic rings. The van der Waals surface area contributed by atoms with Crippen molar-refractivity contribution in [1.29, 1.82) is 0 Å². The van der Waals surface area contributed by atoms with Crippen LogP contribution >= 0.6 is 11.8 Å². The fraction of sp³-hybridized carbons (Fsp3) is 0.429. The largest absolute Gasteiger partial charge is 0.347 e. The first-order chi connectivity index (χ1) is 8.99. The highest BCUT2D eigenvalue weighted by Gasteiger charge is 2.34. The van der Waals surface area contributed by atoms with Crippen LogP contribution in [0.25, 0.3) is 0 Å². The van der Waals surface area contributed by atoms with E-state index in [4.69, 9.17) is 0 Å². The zero-order valence-corrected chi connectivity index (χ0v) is 12.2. The van der Waals surface area contributed by atoms with Crippen LogP contribution < -0.4 is 0 Å². The predicted molar refractivity (Wildman–Crippen MR) is 76.8 cm³/mol. The smallest absolute Gasteiger partial charge is 0.241 e. The summed E-state index contributed by atoms with van der Waals surface area (Å²) in [7, 11) is 3.41. The summed E-state index contributed by atoms with van der Waals surface area (Å²) in [4.78, 5) is 26.9. The topological polar surface area (TPSA) is 40.6 Å². The maximum Gasteiger partial charge on any atom is 0.241 e. The number of likely N-dealkylation sites (N-methyl/N-ethyl adjacent to an activating group) is 1. The lowest BCUT2D eigenvalue weighted by Crippen LogP contribution is -2.38. The van der Waals surface area contributed by atoms with Gasteiger partial charge in [0.1, 0.15) is 11.9 Å². The van der Waals surface area contributed by atoms with E-state index in [-0.39, 0.29) is 23.7 Å². The van der Waals surface area contributed by atoms with Gasteiger partial charge >= 0.3 is 0 Å². The fourth-order valence-electron chi connectivity index (χ4n) is 1.92. The van der Waals surface area contributed by atoms with E-state index in [0.29, 0.717) is 5.75 Å². The normalized spacial score (nSPS) is 18.8. The number of nitrogens with zero attached hydrogens (tertiary/aromatic N) is 2. The molecule has 1 aromatic rings. The fourth-order valence-corrected chi connectivity index (χ4v) is 3.11. The van der Waals surface area contributed by atoms with Gasteiger partial charge in [0.25, 0.3) is 0 Å². The molecule has 4 nitrogen and oxygen atoms in total. The van der Waals surface area contributed by atoms with Crippen LogP contribution in [0.5, 0.6) is 0 Å². The lowest BCUT2D eigenvalue weighted by Gasteiger charge is -2.25. The van der Waals surface area contributed by atoms with E-state index in [9.17, 15) is 9.59 Å². The van der Waals surface area contributed by atoms with E-state index in [1.54, 1.807) is 30.8 Å². The van der Waals surface area contributed by atoms with Crippen LogP contribution in [0, 0.1) is 6.92 Å². The molecule has 1 aliphatic heterocycles. The minimum absolute atomic E-state index is 0.0331. The summed E-state index contributed by atoms with van der Waals surface area (Å²) in [6, 6.07) is 8.12. The summed E-state index contributed by atoms with van der Waals surface area (Å²) in [5.74, 6) is 0.429. The quantitative estimate of drug-likeness (QED) is 0.844. The van der Waals surface area contributed by atoms with Gasteiger partial charge in [-0.1, -0.05) is 29.8 Å². The first kappa shape index (κ1) is 13.9. The highest BCUT2D eigenvalue weighted by atomic mass is 32.2. The molecule has 1 unspecified atom stereocenters. The molecule has 1 fully saturated rings. The molecule has 1 aromatic carbocycles. The molecule has 1 heterocycles. The molecule has 0 spiro atoms. The predicted octanol–water partition coefficient (Wildman–Crippen LogP) is 1.66. The van der Waals surface area contributed by atoms with Gasteiger partial charge in [-0.3, -0.25) is 9.59 Å². The Morgan fingerprint density at radius 1 is 1.37 bits per heavy atom. The Kier molecular flexibility index (Phi) is 4.14. The summed E-state index contributed by atoms with van der Waals surface area (Å²) in [6.45, 7) is 2.18. The second-order valence-corrected chi connectivity index (χ2v) is 5.95. The lowest BCUT2D eigenvalue weighted by molar-refractivity contribution is -0.137. The molecule has 0 bridgehead atoms. The molecular formula is C14H18N2O2S. The highest BCUT2D eigenvalue weighted by Crippen LogP contribution is 2.38. The third-order valence-electron chi connectivity index (χ3n) is 3.14. The summed E-state index contributed by atoms with van der Waals surface area (Å²) in [5, 5.41) is -0.0444. The van der Waals surface area contributed by atoms with Crippen LogP contribution in [0.3, 0.4) is 0 Å². The van der Waals surface area contributed by atoms with Crippen molar-refractivity contribution in [3.8, 4) is 0 Å². The lowest BCUT2D eigenvalue weighted by atomic mass is 10.1. The van der Waals surface area contributed by atoms with Gasteiger partial charge in [0.2, 0.25) is 11.8 Å². The van der Waals surface area contributed by atoms with Crippen molar-refractivity contribution >= 4 is 23.6 Å². The average molecular weight is 278 g/mol. The Morgan fingerprint density at radius 3 is 2.58 bits per heavy atom. The van der Waals surface area contributed by atoms with Crippen LogP contribution in [0.15, 0.2) is 24.3 Å². The molecule has 0 N–H and O–H groups in total. The van der Waals surface area contributed by atoms with E-state index in [1.165, 1.54) is 10.5 Å². The number of rotatable bonds is 3. The second-order valence-electron chi connectivity index (χ2n) is 4.88. The Hall–Kier alpha value is -1.49. The van der Waals surface area contributed by atoms with Crippen molar-refractivity contribution in [2.24, 2.45) is 0 Å². The summed E-state index contributed by atoms with van der Waals surface area (Å²) in [5.41, 5.74) is 2.27. The van der Waals surface area contributed by atoms with Gasteiger partial charge in [-0.25, -0.2) is 0 Å². The van der Waals surface area contributed by atoms with Gasteiger partial charge in [-0.05, 0) is 12.5 Å². The zero-order valence-electron chi connectivity index (χ0n) is 11.4. The number of aryl methyl sites for hydroxylation is 1. The van der Waals surface area contributed by atoms with Crippen molar-refractivity contribution in [2.45, 2.75) is 12.3 Å². The van der Waals surface area contributed by atoms with Crippen LogP contribution in [-0.2, 0) is 9.59 Å². The first-order valence-electron chi connectivity index (χ1n) is 6.17. The van der Waals surface area contributed by atoms with Crippen molar-refractivity contribution in [2.75, 3.05) is 26.4 Å². The number of hydrogen-bond donors (Lipinski definition) is 0. The Morgan fingerprint density at radius 2 is 2.00 bits per heavy atom. The molecule has 1 saturated heterocycles. The Bertz CT molecular complexity index is 485. The average Bonchev–Trinajstić information content (AvgIpc) is 2.72. The zero-order chi connectivity index (χ0) is 14.0. The maximum absolute atomic E-state index is 11.9. The number of hydrogen-bond acceptors (Lipinski definition) is 3. The number of benzene rings is 1. The summed E-state index contributed by atoms with van der Waals surface area (Å²) >= 11 is 1.58. The van der Waals surface area contributed by atoms with E-state index >= 15 is 0 Å². The van der Waals surface area contributed by atoms with Gasteiger partial charge in [0.05, 0.1) is 5.75 Å². The molecule has 19 heavy (non-hydrogen) atoms. The minimum Gasteiger partial charge on any atom is -0.347 e. The maximum atomic E-state index is 11.9. The van der Waals surface area contributed by atoms with Crippen molar-refractivity contribution in [1.82, 2.24) is 9.80 Å². The standard InChI is InChI=1S/C14H18N2O2S/c1-10-4-6-11(7-5-10)14-16(13(18)9-19-14)8-12(17)15(2)3/h4-7,14H,8-9H2,1-3H3. The second kappa shape index (κ2) is 5.65. The molecule has 2 amide bonds. The minimum atomic E-state index is -0.0482. The first-order valence-corrected chi connectivity index (χ1v) is 7.21. The monoisotopic (exact) mass is 278 g/mol. The number of thioether (sulfide) groups is 1. The third-order valence-corrected chi connectivity index (χ3v) is 4.39. The van der Waals surface area contributed by atoms with Crippen LogP contribution in [-0.4, -0.2) is 48.0 Å². The molecule has 1 atom stereocenters. The molecular weight excluding hydrogens is 260 g/mol. The number of carbonyl (C=O) groups excluding carboxylic acids is 2. The van der Waals surface area contributed by atoms with Gasteiger partial charge in [-0.2, -0.15) is 0 Å². The molecule has 2 rings (SSSR count).